The zero-order valence-electron chi connectivity index (χ0n) is 14.9. The maximum Gasteiger partial charge on any atom is 0.387 e. The third-order valence-corrected chi connectivity index (χ3v) is 3.64. The molecule has 0 aliphatic carbocycles. The van der Waals surface area contributed by atoms with Gasteiger partial charge in [0.25, 0.3) is 0 Å². The van der Waals surface area contributed by atoms with Gasteiger partial charge >= 0.3 is 13.2 Å². The van der Waals surface area contributed by atoms with E-state index in [4.69, 9.17) is 0 Å². The van der Waals surface area contributed by atoms with Crippen molar-refractivity contribution >= 4 is 12.0 Å². The van der Waals surface area contributed by atoms with Crippen LogP contribution in [-0.2, 0) is 11.2 Å². The standard InChI is InChI=1S/C19H18F4N2O3/c1-25(11-9-14-4-2-3-10-24-14)17(26)8-6-13-5-7-15(27-18(20)21)12-16(13)28-19(22)23/h2-8,10,12,18-19H,9,11H2,1H3/b8-6+. The van der Waals surface area contributed by atoms with Gasteiger partial charge in [-0.2, -0.15) is 17.6 Å². The summed E-state index contributed by atoms with van der Waals surface area (Å²) in [7, 11) is 1.59. The highest BCUT2D eigenvalue weighted by Crippen LogP contribution is 2.28. The lowest BCUT2D eigenvalue weighted by Crippen LogP contribution is -2.27. The van der Waals surface area contributed by atoms with Crippen molar-refractivity contribution in [2.75, 3.05) is 13.6 Å². The number of carbonyl (C=O) groups excluding carboxylic acids is 1. The van der Waals surface area contributed by atoms with Crippen molar-refractivity contribution in [1.82, 2.24) is 9.88 Å². The molecule has 0 saturated carbocycles. The molecular weight excluding hydrogens is 380 g/mol. The Bertz CT molecular complexity index is 801. The number of carbonyl (C=O) groups is 1. The van der Waals surface area contributed by atoms with Crippen LogP contribution in [-0.4, -0.2) is 42.6 Å². The molecule has 1 amide bonds. The van der Waals surface area contributed by atoms with E-state index in [1.807, 2.05) is 12.1 Å². The summed E-state index contributed by atoms with van der Waals surface area (Å²) in [6.45, 7) is -5.86. The van der Waals surface area contributed by atoms with Gasteiger partial charge in [-0.3, -0.25) is 9.78 Å². The molecule has 150 valence electrons. The van der Waals surface area contributed by atoms with Gasteiger partial charge in [0.1, 0.15) is 11.5 Å². The normalized spacial score (nSPS) is 11.2. The van der Waals surface area contributed by atoms with E-state index in [9.17, 15) is 22.4 Å². The number of alkyl halides is 4. The largest absolute Gasteiger partial charge is 0.435 e. The lowest BCUT2D eigenvalue weighted by atomic mass is 10.1. The topological polar surface area (TPSA) is 51.7 Å². The number of ether oxygens (including phenoxy) is 2. The Balaban J connectivity index is 2.04. The number of pyridine rings is 1. The molecule has 2 rings (SSSR count). The van der Waals surface area contributed by atoms with Crippen molar-refractivity contribution in [2.45, 2.75) is 19.6 Å². The number of benzene rings is 1. The third kappa shape index (κ3) is 6.90. The number of aromatic nitrogens is 1. The molecule has 0 radical (unpaired) electrons. The molecule has 1 heterocycles. The lowest BCUT2D eigenvalue weighted by molar-refractivity contribution is -0.124. The molecule has 1 aromatic heterocycles. The summed E-state index contributed by atoms with van der Waals surface area (Å²) < 4.78 is 58.2. The molecule has 0 aliphatic rings. The van der Waals surface area contributed by atoms with Gasteiger partial charge in [0.05, 0.1) is 0 Å². The Hall–Kier alpha value is -3.10. The molecule has 5 nitrogen and oxygen atoms in total. The summed E-state index contributed by atoms with van der Waals surface area (Å²) in [6, 6.07) is 8.79. The minimum atomic E-state index is -3.16. The number of likely N-dealkylation sites (N-methyl/N-ethyl adjacent to an activating group) is 1. The van der Waals surface area contributed by atoms with Crippen LogP contribution in [0.1, 0.15) is 11.3 Å². The summed E-state index contributed by atoms with van der Waals surface area (Å²) in [5, 5.41) is 0. The molecule has 2 aromatic rings. The lowest BCUT2D eigenvalue weighted by Gasteiger charge is -2.15. The van der Waals surface area contributed by atoms with Crippen molar-refractivity contribution in [2.24, 2.45) is 0 Å². The molecule has 0 N–H and O–H groups in total. The predicted molar refractivity (Wildman–Crippen MR) is 94.3 cm³/mol. The number of amides is 1. The van der Waals surface area contributed by atoms with Crippen LogP contribution in [0.25, 0.3) is 6.08 Å². The van der Waals surface area contributed by atoms with E-state index in [0.717, 1.165) is 11.8 Å². The van der Waals surface area contributed by atoms with Crippen molar-refractivity contribution in [3.8, 4) is 11.5 Å². The van der Waals surface area contributed by atoms with Crippen molar-refractivity contribution in [3.05, 3.63) is 59.9 Å². The zero-order chi connectivity index (χ0) is 20.5. The highest BCUT2D eigenvalue weighted by atomic mass is 19.3. The molecule has 0 atom stereocenters. The first-order valence-corrected chi connectivity index (χ1v) is 8.22. The van der Waals surface area contributed by atoms with E-state index >= 15 is 0 Å². The second-order valence-electron chi connectivity index (χ2n) is 5.62. The Morgan fingerprint density at radius 1 is 1.14 bits per heavy atom. The fourth-order valence-electron chi connectivity index (χ4n) is 2.25. The summed E-state index contributed by atoms with van der Waals surface area (Å²) >= 11 is 0. The molecule has 0 fully saturated rings. The molecule has 0 saturated heterocycles. The zero-order valence-corrected chi connectivity index (χ0v) is 14.9. The molecule has 0 bridgehead atoms. The Morgan fingerprint density at radius 2 is 1.89 bits per heavy atom. The fourth-order valence-corrected chi connectivity index (χ4v) is 2.25. The number of hydrogen-bond donors (Lipinski definition) is 0. The Morgan fingerprint density at radius 3 is 2.54 bits per heavy atom. The van der Waals surface area contributed by atoms with Crippen LogP contribution in [0.5, 0.6) is 11.5 Å². The molecule has 0 aliphatic heterocycles. The van der Waals surface area contributed by atoms with Gasteiger partial charge in [0.15, 0.2) is 0 Å². The predicted octanol–water partition coefficient (Wildman–Crippen LogP) is 4.00. The summed E-state index contributed by atoms with van der Waals surface area (Å²) in [5.74, 6) is -1.08. The van der Waals surface area contributed by atoms with Crippen LogP contribution < -0.4 is 9.47 Å². The smallest absolute Gasteiger partial charge is 0.387 e. The minimum absolute atomic E-state index is 0.119. The highest BCUT2D eigenvalue weighted by Gasteiger charge is 2.13. The maximum atomic E-state index is 12.6. The van der Waals surface area contributed by atoms with Crippen LogP contribution in [0.3, 0.4) is 0 Å². The van der Waals surface area contributed by atoms with Gasteiger partial charge in [0, 0.05) is 49.6 Å². The number of hydrogen-bond acceptors (Lipinski definition) is 4. The van der Waals surface area contributed by atoms with Gasteiger partial charge in [-0.05, 0) is 30.3 Å². The molecule has 9 heteroatoms. The molecule has 1 aromatic carbocycles. The quantitative estimate of drug-likeness (QED) is 0.473. The van der Waals surface area contributed by atoms with Crippen molar-refractivity contribution < 1.29 is 31.8 Å². The maximum absolute atomic E-state index is 12.6. The van der Waals surface area contributed by atoms with Gasteiger partial charge in [-0.25, -0.2) is 0 Å². The van der Waals surface area contributed by atoms with Gasteiger partial charge in [-0.1, -0.05) is 6.07 Å². The third-order valence-electron chi connectivity index (χ3n) is 3.64. The van der Waals surface area contributed by atoms with E-state index in [-0.39, 0.29) is 23.0 Å². The fraction of sp³-hybridized carbons (Fsp3) is 0.263. The molecular formula is C19H18F4N2O3. The first kappa shape index (κ1) is 21.2. The Kier molecular flexibility index (Phi) is 7.79. The first-order chi connectivity index (χ1) is 13.3. The van der Waals surface area contributed by atoms with Crippen molar-refractivity contribution in [3.63, 3.8) is 0 Å². The monoisotopic (exact) mass is 398 g/mol. The van der Waals surface area contributed by atoms with Crippen LogP contribution in [0.4, 0.5) is 17.6 Å². The molecule has 0 spiro atoms. The summed E-state index contributed by atoms with van der Waals surface area (Å²) in [5.41, 5.74) is 0.946. The summed E-state index contributed by atoms with van der Waals surface area (Å²) in [6.07, 6.45) is 4.66. The van der Waals surface area contributed by atoms with E-state index in [0.29, 0.717) is 13.0 Å². The van der Waals surface area contributed by atoms with Gasteiger partial charge in [-0.15, -0.1) is 0 Å². The molecule has 28 heavy (non-hydrogen) atoms. The van der Waals surface area contributed by atoms with Crippen LogP contribution >= 0.6 is 0 Å². The molecule has 0 unspecified atom stereocenters. The van der Waals surface area contributed by atoms with E-state index in [2.05, 4.69) is 14.5 Å². The average molecular weight is 398 g/mol. The summed E-state index contributed by atoms with van der Waals surface area (Å²) in [4.78, 5) is 17.8. The van der Waals surface area contributed by atoms with E-state index < -0.39 is 13.2 Å². The highest BCUT2D eigenvalue weighted by molar-refractivity contribution is 5.92. The van der Waals surface area contributed by atoms with E-state index in [1.165, 1.54) is 29.2 Å². The van der Waals surface area contributed by atoms with Crippen molar-refractivity contribution in [1.29, 1.82) is 0 Å². The van der Waals surface area contributed by atoms with Crippen LogP contribution in [0, 0.1) is 0 Å². The van der Waals surface area contributed by atoms with Crippen LogP contribution in [0.2, 0.25) is 0 Å². The SMILES string of the molecule is CN(CCc1ccccn1)C(=O)/C=C/c1ccc(OC(F)F)cc1OC(F)F. The number of nitrogens with zero attached hydrogens (tertiary/aromatic N) is 2. The van der Waals surface area contributed by atoms with Crippen LogP contribution in [0.15, 0.2) is 48.7 Å². The minimum Gasteiger partial charge on any atom is -0.435 e. The second-order valence-corrected chi connectivity index (χ2v) is 5.62. The first-order valence-electron chi connectivity index (χ1n) is 8.22. The number of rotatable bonds is 9. The second kappa shape index (κ2) is 10.3. The average Bonchev–Trinajstić information content (AvgIpc) is 2.65. The van der Waals surface area contributed by atoms with E-state index in [1.54, 1.807) is 19.3 Å². The van der Waals surface area contributed by atoms with Gasteiger partial charge in [0.2, 0.25) is 5.91 Å². The number of halogens is 4. The van der Waals surface area contributed by atoms with Gasteiger partial charge < -0.3 is 14.4 Å². The Labute approximate surface area is 159 Å².